The van der Waals surface area contributed by atoms with Crippen LogP contribution in [0.4, 0.5) is 0 Å². The summed E-state index contributed by atoms with van der Waals surface area (Å²) in [7, 11) is -3.57. The van der Waals surface area contributed by atoms with E-state index in [0.717, 1.165) is 6.26 Å². The van der Waals surface area contributed by atoms with Gasteiger partial charge in [-0.15, -0.1) is 0 Å². The third-order valence-corrected chi connectivity index (χ3v) is 3.47. The molecule has 0 radical (unpaired) electrons. The zero-order valence-corrected chi connectivity index (χ0v) is 11.6. The van der Waals surface area contributed by atoms with Gasteiger partial charge in [0.2, 0.25) is 11.8 Å². The average molecular weight is 298 g/mol. The fraction of sp³-hybridized carbons (Fsp3) is 0.417. The second-order valence-corrected chi connectivity index (χ2v) is 6.16. The van der Waals surface area contributed by atoms with Crippen molar-refractivity contribution >= 4 is 21.9 Å². The molecule has 2 rings (SSSR count). The van der Waals surface area contributed by atoms with Crippen molar-refractivity contribution < 1.29 is 22.2 Å². The predicted octanol–water partition coefficient (Wildman–Crippen LogP) is 0.0780. The van der Waals surface area contributed by atoms with Crippen LogP contribution in [0.3, 0.4) is 0 Å². The SMILES string of the molecule is CS(=O)(=O)OCc1cccnc1C1CCC(=O)NC1=O. The van der Waals surface area contributed by atoms with E-state index in [9.17, 15) is 18.0 Å². The Bertz CT molecular complexity index is 641. The van der Waals surface area contributed by atoms with E-state index in [4.69, 9.17) is 4.18 Å². The topological polar surface area (TPSA) is 102 Å². The molecular formula is C12H14N2O5S. The molecule has 0 aromatic carbocycles. The lowest BCUT2D eigenvalue weighted by atomic mass is 9.92. The fourth-order valence-corrected chi connectivity index (χ4v) is 2.35. The van der Waals surface area contributed by atoms with Crippen molar-refractivity contribution in [2.75, 3.05) is 6.26 Å². The third kappa shape index (κ3) is 3.61. The van der Waals surface area contributed by atoms with E-state index in [1.54, 1.807) is 12.1 Å². The number of hydrogen-bond donors (Lipinski definition) is 1. The summed E-state index contributed by atoms with van der Waals surface area (Å²) < 4.78 is 26.8. The molecule has 8 heteroatoms. The number of carbonyl (C=O) groups excluding carboxylic acids is 2. The predicted molar refractivity (Wildman–Crippen MR) is 69.0 cm³/mol. The van der Waals surface area contributed by atoms with E-state index < -0.39 is 21.9 Å². The standard InChI is InChI=1S/C12H14N2O5S/c1-20(17,18)19-7-8-3-2-6-13-11(8)9-4-5-10(15)14-12(9)16/h2-3,6,9H,4-5,7H2,1H3,(H,14,15,16). The second kappa shape index (κ2) is 5.68. The van der Waals surface area contributed by atoms with E-state index >= 15 is 0 Å². The lowest BCUT2D eigenvalue weighted by molar-refractivity contribution is -0.134. The number of piperidine rings is 1. The van der Waals surface area contributed by atoms with Crippen LogP contribution in [0, 0.1) is 0 Å². The largest absolute Gasteiger partial charge is 0.296 e. The first-order chi connectivity index (χ1) is 9.37. The lowest BCUT2D eigenvalue weighted by Crippen LogP contribution is -2.40. The quantitative estimate of drug-likeness (QED) is 0.623. The van der Waals surface area contributed by atoms with Crippen LogP contribution in [0.25, 0.3) is 0 Å². The lowest BCUT2D eigenvalue weighted by Gasteiger charge is -2.22. The zero-order chi connectivity index (χ0) is 14.8. The molecule has 1 saturated heterocycles. The van der Waals surface area contributed by atoms with Gasteiger partial charge in [0.1, 0.15) is 0 Å². The molecular weight excluding hydrogens is 284 g/mol. The molecule has 2 amide bonds. The molecule has 1 aliphatic heterocycles. The maximum atomic E-state index is 11.8. The van der Waals surface area contributed by atoms with Crippen LogP contribution in [0.2, 0.25) is 0 Å². The second-order valence-electron chi connectivity index (χ2n) is 4.52. The highest BCUT2D eigenvalue weighted by Crippen LogP contribution is 2.26. The van der Waals surface area contributed by atoms with Crippen molar-refractivity contribution in [2.24, 2.45) is 0 Å². The van der Waals surface area contributed by atoms with Gasteiger partial charge in [-0.25, -0.2) is 0 Å². The normalized spacial score (nSPS) is 19.8. The van der Waals surface area contributed by atoms with E-state index in [1.807, 2.05) is 0 Å². The molecule has 1 aromatic rings. The van der Waals surface area contributed by atoms with Crippen molar-refractivity contribution in [3.8, 4) is 0 Å². The number of hydrogen-bond acceptors (Lipinski definition) is 6. The summed E-state index contributed by atoms with van der Waals surface area (Å²) in [6.45, 7) is -0.181. The Morgan fingerprint density at radius 1 is 1.45 bits per heavy atom. The minimum absolute atomic E-state index is 0.181. The highest BCUT2D eigenvalue weighted by Gasteiger charge is 2.30. The molecule has 20 heavy (non-hydrogen) atoms. The van der Waals surface area contributed by atoms with Gasteiger partial charge in [0.05, 0.1) is 24.5 Å². The Morgan fingerprint density at radius 2 is 2.20 bits per heavy atom. The highest BCUT2D eigenvalue weighted by atomic mass is 32.2. The number of imide groups is 1. The number of rotatable bonds is 4. The number of nitrogens with zero attached hydrogens (tertiary/aromatic N) is 1. The van der Waals surface area contributed by atoms with Gasteiger partial charge >= 0.3 is 0 Å². The summed E-state index contributed by atoms with van der Waals surface area (Å²) in [4.78, 5) is 27.1. The molecule has 7 nitrogen and oxygen atoms in total. The number of amides is 2. The maximum absolute atomic E-state index is 11.8. The molecule has 0 saturated carbocycles. The summed E-state index contributed by atoms with van der Waals surface area (Å²) in [6, 6.07) is 3.29. The first-order valence-corrected chi connectivity index (χ1v) is 7.80. The van der Waals surface area contributed by atoms with E-state index in [1.165, 1.54) is 6.20 Å². The van der Waals surface area contributed by atoms with Crippen molar-refractivity contribution in [1.82, 2.24) is 10.3 Å². The molecule has 0 aliphatic carbocycles. The highest BCUT2D eigenvalue weighted by molar-refractivity contribution is 7.85. The van der Waals surface area contributed by atoms with Crippen LogP contribution in [-0.4, -0.2) is 31.5 Å². The molecule has 0 spiro atoms. The van der Waals surface area contributed by atoms with Gasteiger partial charge in [-0.1, -0.05) is 6.07 Å². The van der Waals surface area contributed by atoms with Gasteiger partial charge in [-0.3, -0.25) is 24.1 Å². The van der Waals surface area contributed by atoms with Crippen LogP contribution in [0.1, 0.15) is 30.0 Å². The Hall–Kier alpha value is -1.80. The zero-order valence-electron chi connectivity index (χ0n) is 10.8. The Kier molecular flexibility index (Phi) is 4.15. The van der Waals surface area contributed by atoms with Gasteiger partial charge in [-0.2, -0.15) is 8.42 Å². The van der Waals surface area contributed by atoms with Gasteiger partial charge in [0.15, 0.2) is 0 Å². The molecule has 1 fully saturated rings. The maximum Gasteiger partial charge on any atom is 0.264 e. The smallest absolute Gasteiger partial charge is 0.264 e. The number of aromatic nitrogens is 1. The van der Waals surface area contributed by atoms with Gasteiger partial charge < -0.3 is 0 Å². The van der Waals surface area contributed by atoms with Crippen molar-refractivity contribution in [2.45, 2.75) is 25.4 Å². The van der Waals surface area contributed by atoms with Crippen molar-refractivity contribution in [3.63, 3.8) is 0 Å². The monoisotopic (exact) mass is 298 g/mol. The number of pyridine rings is 1. The van der Waals surface area contributed by atoms with Crippen molar-refractivity contribution in [1.29, 1.82) is 0 Å². The molecule has 108 valence electrons. The molecule has 1 N–H and O–H groups in total. The van der Waals surface area contributed by atoms with Crippen molar-refractivity contribution in [3.05, 3.63) is 29.6 Å². The third-order valence-electron chi connectivity index (χ3n) is 2.92. The molecule has 1 unspecified atom stereocenters. The van der Waals surface area contributed by atoms with Crippen LogP contribution in [-0.2, 0) is 30.5 Å². The van der Waals surface area contributed by atoms with Gasteiger partial charge in [0.25, 0.3) is 10.1 Å². The van der Waals surface area contributed by atoms with Crippen LogP contribution >= 0.6 is 0 Å². The molecule has 1 atom stereocenters. The molecule has 1 aromatic heterocycles. The summed E-state index contributed by atoms with van der Waals surface area (Å²) in [5.74, 6) is -1.29. The summed E-state index contributed by atoms with van der Waals surface area (Å²) in [6.07, 6.45) is 3.06. The van der Waals surface area contributed by atoms with Gasteiger partial charge in [0, 0.05) is 18.2 Å². The Morgan fingerprint density at radius 3 is 2.85 bits per heavy atom. The fourth-order valence-electron chi connectivity index (χ4n) is 2.01. The average Bonchev–Trinajstić information content (AvgIpc) is 2.36. The summed E-state index contributed by atoms with van der Waals surface area (Å²) in [5.41, 5.74) is 0.966. The van der Waals surface area contributed by atoms with Gasteiger partial charge in [-0.05, 0) is 12.5 Å². The minimum atomic E-state index is -3.57. The minimum Gasteiger partial charge on any atom is -0.296 e. The first kappa shape index (κ1) is 14.6. The summed E-state index contributed by atoms with van der Waals surface area (Å²) >= 11 is 0. The molecule has 2 heterocycles. The molecule has 0 bridgehead atoms. The Labute approximate surface area is 116 Å². The van der Waals surface area contributed by atoms with Crippen LogP contribution in [0.5, 0.6) is 0 Å². The molecule has 1 aliphatic rings. The van der Waals surface area contributed by atoms with Crippen LogP contribution < -0.4 is 5.32 Å². The van der Waals surface area contributed by atoms with E-state index in [-0.39, 0.29) is 18.9 Å². The Balaban J connectivity index is 2.23. The number of nitrogens with one attached hydrogen (secondary N) is 1. The van der Waals surface area contributed by atoms with E-state index in [2.05, 4.69) is 10.3 Å². The van der Waals surface area contributed by atoms with E-state index in [0.29, 0.717) is 17.7 Å². The summed E-state index contributed by atoms with van der Waals surface area (Å²) in [5, 5.41) is 2.25. The van der Waals surface area contributed by atoms with Crippen LogP contribution in [0.15, 0.2) is 18.3 Å². The first-order valence-electron chi connectivity index (χ1n) is 5.99. The number of carbonyl (C=O) groups is 2.